The summed E-state index contributed by atoms with van der Waals surface area (Å²) in [6, 6.07) is 8.21. The van der Waals surface area contributed by atoms with E-state index < -0.39 is 4.92 Å². The van der Waals surface area contributed by atoms with E-state index in [2.05, 4.69) is 4.98 Å². The van der Waals surface area contributed by atoms with Crippen molar-refractivity contribution in [3.63, 3.8) is 0 Å². The molecule has 17 heavy (non-hydrogen) atoms. The molecule has 2 aromatic rings. The molecule has 0 aliphatic rings. The zero-order valence-electron chi connectivity index (χ0n) is 8.74. The third kappa shape index (κ3) is 2.17. The second kappa shape index (κ2) is 4.52. The monoisotopic (exact) mass is 228 g/mol. The minimum Gasteiger partial charge on any atom is -0.298 e. The van der Waals surface area contributed by atoms with Crippen molar-refractivity contribution in [2.24, 2.45) is 0 Å². The van der Waals surface area contributed by atoms with Crippen LogP contribution in [0.3, 0.4) is 0 Å². The van der Waals surface area contributed by atoms with Gasteiger partial charge in [-0.1, -0.05) is 18.2 Å². The van der Waals surface area contributed by atoms with E-state index >= 15 is 0 Å². The Balaban J connectivity index is 2.59. The highest BCUT2D eigenvalue weighted by molar-refractivity contribution is 5.81. The van der Waals surface area contributed by atoms with Gasteiger partial charge < -0.3 is 0 Å². The largest absolute Gasteiger partial charge is 0.298 e. The molecule has 0 fully saturated rings. The van der Waals surface area contributed by atoms with Crippen molar-refractivity contribution in [2.45, 2.75) is 0 Å². The van der Waals surface area contributed by atoms with E-state index in [0.717, 1.165) is 0 Å². The lowest BCUT2D eigenvalue weighted by Gasteiger charge is -2.02. The number of aldehydes is 1. The average molecular weight is 228 g/mol. The Bertz CT molecular complexity index is 581. The average Bonchev–Trinajstić information content (AvgIpc) is 2.39. The highest BCUT2D eigenvalue weighted by Gasteiger charge is 2.14. The highest BCUT2D eigenvalue weighted by Crippen LogP contribution is 2.28. The number of carbonyl (C=O) groups is 1. The van der Waals surface area contributed by atoms with Crippen molar-refractivity contribution in [3.8, 4) is 11.1 Å². The van der Waals surface area contributed by atoms with Crippen LogP contribution in [0.4, 0.5) is 5.69 Å². The molecular formula is C12H8N2O3. The van der Waals surface area contributed by atoms with Crippen LogP contribution in [-0.4, -0.2) is 16.2 Å². The third-order valence-electron chi connectivity index (χ3n) is 2.33. The fourth-order valence-electron chi connectivity index (χ4n) is 1.56. The lowest BCUT2D eigenvalue weighted by atomic mass is 10.0. The molecule has 0 saturated carbocycles. The van der Waals surface area contributed by atoms with Gasteiger partial charge in [0.2, 0.25) is 0 Å². The van der Waals surface area contributed by atoms with Crippen molar-refractivity contribution in [2.75, 3.05) is 0 Å². The van der Waals surface area contributed by atoms with Crippen molar-refractivity contribution < 1.29 is 9.72 Å². The fraction of sp³-hybridized carbons (Fsp3) is 0. The second-order valence-electron chi connectivity index (χ2n) is 3.39. The summed E-state index contributed by atoms with van der Waals surface area (Å²) in [5.41, 5.74) is 1.49. The van der Waals surface area contributed by atoms with Gasteiger partial charge in [0.15, 0.2) is 0 Å². The third-order valence-corrected chi connectivity index (χ3v) is 2.33. The first-order valence-electron chi connectivity index (χ1n) is 4.86. The van der Waals surface area contributed by atoms with Gasteiger partial charge in [-0.05, 0) is 17.7 Å². The van der Waals surface area contributed by atoms with Gasteiger partial charge in [-0.25, -0.2) is 0 Å². The van der Waals surface area contributed by atoms with Crippen LogP contribution in [0, 0.1) is 10.1 Å². The first-order chi connectivity index (χ1) is 8.22. The van der Waals surface area contributed by atoms with Crippen LogP contribution in [0.2, 0.25) is 0 Å². The molecule has 5 heteroatoms. The molecule has 1 aromatic carbocycles. The Labute approximate surface area is 96.9 Å². The maximum atomic E-state index is 10.8. The minimum atomic E-state index is -0.490. The zero-order chi connectivity index (χ0) is 12.3. The van der Waals surface area contributed by atoms with E-state index in [9.17, 15) is 14.9 Å². The molecule has 0 radical (unpaired) electrons. The van der Waals surface area contributed by atoms with Crippen LogP contribution in [0.25, 0.3) is 11.1 Å². The van der Waals surface area contributed by atoms with E-state index in [1.165, 1.54) is 12.4 Å². The molecule has 1 heterocycles. The predicted molar refractivity (Wildman–Crippen MR) is 61.7 cm³/mol. The first-order valence-corrected chi connectivity index (χ1v) is 4.86. The Morgan fingerprint density at radius 3 is 2.82 bits per heavy atom. The van der Waals surface area contributed by atoms with Gasteiger partial charge in [0.25, 0.3) is 5.69 Å². The van der Waals surface area contributed by atoms with Gasteiger partial charge in [-0.15, -0.1) is 0 Å². The van der Waals surface area contributed by atoms with E-state index in [0.29, 0.717) is 23.0 Å². The number of nitro groups is 1. The molecule has 84 valence electrons. The van der Waals surface area contributed by atoms with Gasteiger partial charge in [0.05, 0.1) is 10.5 Å². The van der Waals surface area contributed by atoms with E-state index in [1.54, 1.807) is 30.3 Å². The van der Waals surface area contributed by atoms with Crippen LogP contribution in [0.1, 0.15) is 10.4 Å². The van der Waals surface area contributed by atoms with E-state index in [4.69, 9.17) is 0 Å². The minimum absolute atomic E-state index is 0.0736. The van der Waals surface area contributed by atoms with E-state index in [-0.39, 0.29) is 5.69 Å². The number of hydrogen-bond acceptors (Lipinski definition) is 4. The zero-order valence-corrected chi connectivity index (χ0v) is 8.74. The van der Waals surface area contributed by atoms with Crippen LogP contribution in [0.5, 0.6) is 0 Å². The van der Waals surface area contributed by atoms with Crippen LogP contribution in [-0.2, 0) is 0 Å². The Hall–Kier alpha value is -2.56. The summed E-state index contributed by atoms with van der Waals surface area (Å²) in [5, 5.41) is 10.8. The summed E-state index contributed by atoms with van der Waals surface area (Å²) in [6.45, 7) is 0. The normalized spacial score (nSPS) is 9.88. The number of aromatic nitrogens is 1. The maximum Gasteiger partial charge on any atom is 0.295 e. The molecule has 0 unspecified atom stereocenters. The van der Waals surface area contributed by atoms with Crippen LogP contribution in [0.15, 0.2) is 42.7 Å². The van der Waals surface area contributed by atoms with Crippen LogP contribution < -0.4 is 0 Å². The molecule has 1 aromatic heterocycles. The number of rotatable bonds is 3. The lowest BCUT2D eigenvalue weighted by Crippen LogP contribution is -1.93. The number of pyridine rings is 1. The SMILES string of the molecule is O=Cc1cccc(-c2ccncc2[N+](=O)[O-])c1. The quantitative estimate of drug-likeness (QED) is 0.459. The predicted octanol–water partition coefficient (Wildman–Crippen LogP) is 2.47. The Kier molecular flexibility index (Phi) is 2.91. The number of carbonyl (C=O) groups excluding carboxylic acids is 1. The molecule has 0 aliphatic heterocycles. The molecule has 0 bridgehead atoms. The summed E-state index contributed by atoms with van der Waals surface area (Å²) in [7, 11) is 0. The summed E-state index contributed by atoms with van der Waals surface area (Å²) in [4.78, 5) is 24.7. The molecule has 0 amide bonds. The molecular weight excluding hydrogens is 220 g/mol. The molecule has 0 N–H and O–H groups in total. The lowest BCUT2D eigenvalue weighted by molar-refractivity contribution is -0.384. The standard InChI is InChI=1S/C12H8N2O3/c15-8-9-2-1-3-10(6-9)11-4-5-13-7-12(11)14(16)17/h1-8H. The van der Waals surface area contributed by atoms with Crippen molar-refractivity contribution in [3.05, 3.63) is 58.4 Å². The number of hydrogen-bond donors (Lipinski definition) is 0. The van der Waals surface area contributed by atoms with Gasteiger partial charge in [-0.3, -0.25) is 19.9 Å². The first kappa shape index (κ1) is 10.9. The Morgan fingerprint density at radius 1 is 1.29 bits per heavy atom. The summed E-state index contributed by atoms with van der Waals surface area (Å²) in [5.74, 6) is 0. The van der Waals surface area contributed by atoms with E-state index in [1.807, 2.05) is 0 Å². The van der Waals surface area contributed by atoms with Crippen molar-refractivity contribution >= 4 is 12.0 Å². The number of benzene rings is 1. The summed E-state index contributed by atoms with van der Waals surface area (Å²) in [6.07, 6.45) is 3.38. The second-order valence-corrected chi connectivity index (χ2v) is 3.39. The Morgan fingerprint density at radius 2 is 2.12 bits per heavy atom. The van der Waals surface area contributed by atoms with Gasteiger partial charge in [-0.2, -0.15) is 0 Å². The fourth-order valence-corrected chi connectivity index (χ4v) is 1.56. The van der Waals surface area contributed by atoms with Gasteiger partial charge >= 0.3 is 0 Å². The summed E-state index contributed by atoms with van der Waals surface area (Å²) < 4.78 is 0. The molecule has 0 spiro atoms. The van der Waals surface area contributed by atoms with Crippen LogP contribution >= 0.6 is 0 Å². The van der Waals surface area contributed by atoms with Crippen molar-refractivity contribution in [1.29, 1.82) is 0 Å². The maximum absolute atomic E-state index is 10.8. The smallest absolute Gasteiger partial charge is 0.295 e. The van der Waals surface area contributed by atoms with Crippen molar-refractivity contribution in [1.82, 2.24) is 4.98 Å². The number of nitrogens with zero attached hydrogens (tertiary/aromatic N) is 2. The molecule has 0 saturated heterocycles. The molecule has 0 atom stereocenters. The highest BCUT2D eigenvalue weighted by atomic mass is 16.6. The summed E-state index contributed by atoms with van der Waals surface area (Å²) >= 11 is 0. The molecule has 0 aliphatic carbocycles. The molecule has 5 nitrogen and oxygen atoms in total. The molecule has 2 rings (SSSR count). The topological polar surface area (TPSA) is 73.1 Å². The van der Waals surface area contributed by atoms with Gasteiger partial charge in [0, 0.05) is 11.8 Å². The van der Waals surface area contributed by atoms with Gasteiger partial charge in [0.1, 0.15) is 12.5 Å².